The highest BCUT2D eigenvalue weighted by atomic mass is 35.5. The Morgan fingerprint density at radius 3 is 2.73 bits per heavy atom. The van der Waals surface area contributed by atoms with Crippen LogP contribution in [0.5, 0.6) is 11.5 Å². The molecular weight excluding hydrogens is 348 g/mol. The minimum absolute atomic E-state index is 0.505. The Balaban J connectivity index is 1.72. The summed E-state index contributed by atoms with van der Waals surface area (Å²) in [4.78, 5) is 4.42. The van der Waals surface area contributed by atoms with Crippen LogP contribution in [0.4, 0.5) is 0 Å². The molecule has 0 bridgehead atoms. The first-order chi connectivity index (χ1) is 12.6. The molecule has 138 valence electrons. The van der Waals surface area contributed by atoms with E-state index in [0.29, 0.717) is 10.9 Å². The normalized spacial score (nSPS) is 22.6. The molecule has 0 amide bonds. The average Bonchev–Trinajstić information content (AvgIpc) is 3.00. The van der Waals surface area contributed by atoms with E-state index >= 15 is 0 Å². The Labute approximate surface area is 159 Å². The van der Waals surface area contributed by atoms with E-state index in [9.17, 15) is 0 Å². The van der Waals surface area contributed by atoms with Crippen LogP contribution in [0.2, 0.25) is 5.02 Å². The summed E-state index contributed by atoms with van der Waals surface area (Å²) in [5.41, 5.74) is 3.33. The third-order valence-corrected chi connectivity index (χ3v) is 5.48. The zero-order chi connectivity index (χ0) is 18.1. The van der Waals surface area contributed by atoms with E-state index in [1.165, 1.54) is 11.1 Å². The molecule has 1 aromatic heterocycles. The average molecular weight is 373 g/mol. The lowest BCUT2D eigenvalue weighted by atomic mass is 9.88. The third kappa shape index (κ3) is 3.28. The zero-order valence-electron chi connectivity index (χ0n) is 15.3. The number of nitrogens with one attached hydrogen (secondary N) is 1. The van der Waals surface area contributed by atoms with Gasteiger partial charge >= 0.3 is 0 Å². The van der Waals surface area contributed by atoms with Gasteiger partial charge in [-0.25, -0.2) is 0 Å². The molecule has 4 rings (SSSR count). The lowest BCUT2D eigenvalue weighted by molar-refractivity contribution is -0.0722. The van der Waals surface area contributed by atoms with Gasteiger partial charge in [0.25, 0.3) is 5.79 Å². The number of halogens is 1. The van der Waals surface area contributed by atoms with Gasteiger partial charge in [0.1, 0.15) is 5.69 Å². The summed E-state index contributed by atoms with van der Waals surface area (Å²) >= 11 is 5.99. The predicted molar refractivity (Wildman–Crippen MR) is 103 cm³/mol. The third-order valence-electron chi connectivity index (χ3n) is 5.26. The number of ether oxygens (including phenoxy) is 2. The van der Waals surface area contributed by atoms with Crippen molar-refractivity contribution in [3.05, 3.63) is 52.3 Å². The summed E-state index contributed by atoms with van der Waals surface area (Å²) < 4.78 is 12.7. The van der Waals surface area contributed by atoms with E-state index in [1.807, 2.05) is 19.1 Å². The molecule has 0 radical (unpaired) electrons. The molecule has 0 aliphatic carbocycles. The highest BCUT2D eigenvalue weighted by Gasteiger charge is 2.42. The van der Waals surface area contributed by atoms with Crippen LogP contribution in [-0.2, 0) is 12.2 Å². The summed E-state index contributed by atoms with van der Waals surface area (Å²) in [6, 6.07) is 8.14. The maximum Gasteiger partial charge on any atom is 0.292 e. The SMILES string of the molecule is CCCc1cc2c(c(C3CCNCC3)c1)O[C@@](C)(c1ccc(Cl)cn1)O2. The highest BCUT2D eigenvalue weighted by molar-refractivity contribution is 6.30. The van der Waals surface area contributed by atoms with Crippen molar-refractivity contribution in [2.24, 2.45) is 0 Å². The van der Waals surface area contributed by atoms with Gasteiger partial charge in [-0.05, 0) is 62.0 Å². The maximum absolute atomic E-state index is 6.39. The number of aromatic nitrogens is 1. The van der Waals surface area contributed by atoms with Crippen LogP contribution in [0.3, 0.4) is 0 Å². The van der Waals surface area contributed by atoms with E-state index in [-0.39, 0.29) is 0 Å². The van der Waals surface area contributed by atoms with Gasteiger partial charge < -0.3 is 14.8 Å². The lowest BCUT2D eigenvalue weighted by Crippen LogP contribution is -2.32. The van der Waals surface area contributed by atoms with Gasteiger partial charge in [-0.15, -0.1) is 0 Å². The fourth-order valence-electron chi connectivity index (χ4n) is 3.91. The largest absolute Gasteiger partial charge is 0.443 e. The topological polar surface area (TPSA) is 43.4 Å². The fraction of sp³-hybridized carbons (Fsp3) is 0.476. The second kappa shape index (κ2) is 7.09. The summed E-state index contributed by atoms with van der Waals surface area (Å²) in [7, 11) is 0. The molecule has 2 aromatic rings. The van der Waals surface area contributed by atoms with Crippen LogP contribution >= 0.6 is 11.6 Å². The molecule has 1 N–H and O–H groups in total. The molecule has 0 saturated carbocycles. The van der Waals surface area contributed by atoms with Crippen LogP contribution in [0, 0.1) is 0 Å². The standard InChI is InChI=1S/C21H25ClN2O2/c1-3-4-14-11-17(15-7-9-23-10-8-15)20-18(12-14)25-21(2,26-20)19-6-5-16(22)13-24-19/h5-6,11-13,15,23H,3-4,7-10H2,1-2H3/t21-/m0/s1. The molecule has 1 aromatic carbocycles. The van der Waals surface area contributed by atoms with Crippen LogP contribution in [0.25, 0.3) is 0 Å². The number of hydrogen-bond donors (Lipinski definition) is 1. The Bertz CT molecular complexity index is 787. The molecule has 2 aliphatic heterocycles. The molecule has 0 unspecified atom stereocenters. The van der Waals surface area contributed by atoms with Crippen molar-refractivity contribution in [3.8, 4) is 11.5 Å². The molecule has 4 nitrogen and oxygen atoms in total. The minimum Gasteiger partial charge on any atom is -0.443 e. The van der Waals surface area contributed by atoms with Gasteiger partial charge in [0, 0.05) is 18.7 Å². The van der Waals surface area contributed by atoms with Crippen molar-refractivity contribution in [2.75, 3.05) is 13.1 Å². The van der Waals surface area contributed by atoms with E-state index in [0.717, 1.165) is 56.0 Å². The van der Waals surface area contributed by atoms with Crippen molar-refractivity contribution in [1.29, 1.82) is 0 Å². The minimum atomic E-state index is -0.917. The summed E-state index contributed by atoms with van der Waals surface area (Å²) in [5, 5.41) is 4.05. The molecule has 5 heteroatoms. The number of piperidine rings is 1. The zero-order valence-corrected chi connectivity index (χ0v) is 16.1. The van der Waals surface area contributed by atoms with Crippen LogP contribution in [0.15, 0.2) is 30.5 Å². The number of hydrogen-bond acceptors (Lipinski definition) is 4. The Kier molecular flexibility index (Phi) is 4.80. The highest BCUT2D eigenvalue weighted by Crippen LogP contribution is 2.49. The first-order valence-electron chi connectivity index (χ1n) is 9.46. The summed E-state index contributed by atoms with van der Waals surface area (Å²) in [6.45, 7) is 6.23. The monoisotopic (exact) mass is 372 g/mol. The number of pyridine rings is 1. The Morgan fingerprint density at radius 2 is 2.04 bits per heavy atom. The molecule has 3 heterocycles. The number of nitrogens with zero attached hydrogens (tertiary/aromatic N) is 1. The maximum atomic E-state index is 6.39. The Hall–Kier alpha value is -1.78. The second-order valence-electron chi connectivity index (χ2n) is 7.30. The van der Waals surface area contributed by atoms with Crippen molar-refractivity contribution in [3.63, 3.8) is 0 Å². The first kappa shape index (κ1) is 17.6. The van der Waals surface area contributed by atoms with Crippen molar-refractivity contribution < 1.29 is 9.47 Å². The van der Waals surface area contributed by atoms with Gasteiger partial charge in [0.15, 0.2) is 11.5 Å². The van der Waals surface area contributed by atoms with E-state index < -0.39 is 5.79 Å². The van der Waals surface area contributed by atoms with Crippen molar-refractivity contribution >= 4 is 11.6 Å². The van der Waals surface area contributed by atoms with E-state index in [2.05, 4.69) is 29.4 Å². The molecular formula is C21H25ClN2O2. The number of aryl methyl sites for hydroxylation is 1. The van der Waals surface area contributed by atoms with Gasteiger partial charge in [0.2, 0.25) is 0 Å². The van der Waals surface area contributed by atoms with Gasteiger partial charge in [0.05, 0.1) is 5.02 Å². The molecule has 1 fully saturated rings. The quantitative estimate of drug-likeness (QED) is 0.837. The van der Waals surface area contributed by atoms with E-state index in [1.54, 1.807) is 6.20 Å². The number of rotatable bonds is 4. The van der Waals surface area contributed by atoms with Crippen molar-refractivity contribution in [1.82, 2.24) is 10.3 Å². The molecule has 26 heavy (non-hydrogen) atoms. The Morgan fingerprint density at radius 1 is 1.23 bits per heavy atom. The summed E-state index contributed by atoms with van der Waals surface area (Å²) in [5.74, 6) is 1.31. The second-order valence-corrected chi connectivity index (χ2v) is 7.73. The smallest absolute Gasteiger partial charge is 0.292 e. The summed E-state index contributed by atoms with van der Waals surface area (Å²) in [6.07, 6.45) is 6.04. The molecule has 1 saturated heterocycles. The van der Waals surface area contributed by atoms with Crippen LogP contribution < -0.4 is 14.8 Å². The molecule has 2 aliphatic rings. The van der Waals surface area contributed by atoms with Crippen LogP contribution in [0.1, 0.15) is 55.8 Å². The number of benzene rings is 1. The molecule has 1 atom stereocenters. The lowest BCUT2D eigenvalue weighted by Gasteiger charge is -2.25. The van der Waals surface area contributed by atoms with Gasteiger partial charge in [-0.3, -0.25) is 4.98 Å². The first-order valence-corrected chi connectivity index (χ1v) is 9.84. The van der Waals surface area contributed by atoms with Crippen LogP contribution in [-0.4, -0.2) is 18.1 Å². The van der Waals surface area contributed by atoms with Gasteiger partial charge in [-0.1, -0.05) is 31.0 Å². The van der Waals surface area contributed by atoms with Crippen molar-refractivity contribution in [2.45, 2.75) is 51.2 Å². The predicted octanol–water partition coefficient (Wildman–Crippen LogP) is 4.80. The molecule has 0 spiro atoms. The van der Waals surface area contributed by atoms with E-state index in [4.69, 9.17) is 21.1 Å². The van der Waals surface area contributed by atoms with Gasteiger partial charge in [-0.2, -0.15) is 0 Å². The fourth-order valence-corrected chi connectivity index (χ4v) is 4.02. The number of fused-ring (bicyclic) bond motifs is 1.